The Morgan fingerprint density at radius 3 is 1.53 bits per heavy atom. The first-order valence-electron chi connectivity index (χ1n) is 9.15. The van der Waals surface area contributed by atoms with Crippen molar-refractivity contribution in [1.82, 2.24) is 10.6 Å². The van der Waals surface area contributed by atoms with Gasteiger partial charge in [-0.2, -0.15) is 0 Å². The zero-order valence-corrected chi connectivity index (χ0v) is 19.1. The van der Waals surface area contributed by atoms with Crippen LogP contribution in [0.25, 0.3) is 0 Å². The van der Waals surface area contributed by atoms with Crippen LogP contribution in [0.5, 0.6) is 11.5 Å². The quantitative estimate of drug-likeness (QED) is 0.226. The number of benzene rings is 2. The highest BCUT2D eigenvalue weighted by Gasteiger charge is 2.11. The standard InChI is InChI=1S/C20H22Cl2N2O4S2/c21-15-11-13(3-5-17(15)25)29-9-1-7-23-19(27)20(28)24-8-2-10-30-14-4-6-18(26)16(22)12-14/h3-6,11-12,25-26H,1-2,7-10H2,(H,23,27)(H,24,28). The molecule has 0 spiro atoms. The number of hydrogen-bond acceptors (Lipinski definition) is 6. The number of phenols is 2. The van der Waals surface area contributed by atoms with Gasteiger partial charge in [0.05, 0.1) is 10.0 Å². The lowest BCUT2D eigenvalue weighted by molar-refractivity contribution is -0.139. The number of rotatable bonds is 10. The number of carbonyl (C=O) groups is 2. The van der Waals surface area contributed by atoms with E-state index in [-0.39, 0.29) is 11.5 Å². The minimum absolute atomic E-state index is 0.0441. The summed E-state index contributed by atoms with van der Waals surface area (Å²) in [5.41, 5.74) is 0. The van der Waals surface area contributed by atoms with Gasteiger partial charge in [0.15, 0.2) is 0 Å². The molecule has 0 aliphatic carbocycles. The summed E-state index contributed by atoms with van der Waals surface area (Å²) in [5, 5.41) is 24.6. The van der Waals surface area contributed by atoms with Gasteiger partial charge in [0, 0.05) is 22.9 Å². The molecule has 0 aliphatic rings. The van der Waals surface area contributed by atoms with Crippen LogP contribution in [-0.2, 0) is 9.59 Å². The highest BCUT2D eigenvalue weighted by atomic mass is 35.5. The summed E-state index contributed by atoms with van der Waals surface area (Å²) < 4.78 is 0. The lowest BCUT2D eigenvalue weighted by Gasteiger charge is -2.07. The zero-order valence-electron chi connectivity index (χ0n) is 16.0. The molecule has 30 heavy (non-hydrogen) atoms. The van der Waals surface area contributed by atoms with E-state index >= 15 is 0 Å². The van der Waals surface area contributed by atoms with Crippen LogP contribution in [0.4, 0.5) is 0 Å². The van der Waals surface area contributed by atoms with Gasteiger partial charge in [0.25, 0.3) is 0 Å². The van der Waals surface area contributed by atoms with Crippen LogP contribution >= 0.6 is 46.7 Å². The number of carbonyl (C=O) groups excluding carboxylic acids is 2. The predicted molar refractivity (Wildman–Crippen MR) is 123 cm³/mol. The van der Waals surface area contributed by atoms with Crippen molar-refractivity contribution in [2.45, 2.75) is 22.6 Å². The molecule has 0 aliphatic heterocycles. The second kappa shape index (κ2) is 12.8. The number of phenolic OH excluding ortho intramolecular Hbond substituents is 2. The van der Waals surface area contributed by atoms with Crippen molar-refractivity contribution in [1.29, 1.82) is 0 Å². The Balaban J connectivity index is 1.53. The van der Waals surface area contributed by atoms with E-state index in [1.165, 1.54) is 12.1 Å². The Morgan fingerprint density at radius 2 is 1.17 bits per heavy atom. The van der Waals surface area contributed by atoms with Gasteiger partial charge in [-0.3, -0.25) is 9.59 Å². The molecule has 162 valence electrons. The Bertz CT molecular complexity index is 812. The predicted octanol–water partition coefficient (Wildman–Crippen LogP) is 4.30. The molecular weight excluding hydrogens is 467 g/mol. The van der Waals surface area contributed by atoms with Crippen molar-refractivity contribution in [3.05, 3.63) is 46.4 Å². The SMILES string of the molecule is O=C(NCCCSc1ccc(O)c(Cl)c1)C(=O)NCCCSc1ccc(O)c(Cl)c1. The van der Waals surface area contributed by atoms with Gasteiger partial charge in [0.1, 0.15) is 11.5 Å². The third kappa shape index (κ3) is 8.55. The molecule has 2 amide bonds. The average molecular weight is 489 g/mol. The van der Waals surface area contributed by atoms with E-state index in [9.17, 15) is 19.8 Å². The summed E-state index contributed by atoms with van der Waals surface area (Å²) in [4.78, 5) is 25.4. The molecule has 0 saturated heterocycles. The van der Waals surface area contributed by atoms with Gasteiger partial charge in [-0.1, -0.05) is 23.2 Å². The van der Waals surface area contributed by atoms with Crippen molar-refractivity contribution in [3.63, 3.8) is 0 Å². The molecule has 0 aromatic heterocycles. The van der Waals surface area contributed by atoms with Crippen molar-refractivity contribution < 1.29 is 19.8 Å². The summed E-state index contributed by atoms with van der Waals surface area (Å²) in [5.74, 6) is 0.268. The van der Waals surface area contributed by atoms with Gasteiger partial charge >= 0.3 is 11.8 Å². The van der Waals surface area contributed by atoms with Gasteiger partial charge in [0.2, 0.25) is 0 Å². The van der Waals surface area contributed by atoms with Gasteiger partial charge in [-0.15, -0.1) is 23.5 Å². The average Bonchev–Trinajstić information content (AvgIpc) is 2.72. The fraction of sp³-hybridized carbons (Fsp3) is 0.300. The van der Waals surface area contributed by atoms with Crippen LogP contribution in [-0.4, -0.2) is 46.6 Å². The Hall–Kier alpha value is -1.74. The van der Waals surface area contributed by atoms with E-state index in [4.69, 9.17) is 23.2 Å². The maximum Gasteiger partial charge on any atom is 0.309 e. The lowest BCUT2D eigenvalue weighted by Crippen LogP contribution is -2.40. The summed E-state index contributed by atoms with van der Waals surface area (Å²) in [6, 6.07) is 9.98. The summed E-state index contributed by atoms with van der Waals surface area (Å²) in [6.45, 7) is 0.783. The smallest absolute Gasteiger partial charge is 0.309 e. The first-order valence-corrected chi connectivity index (χ1v) is 11.9. The molecular formula is C20H22Cl2N2O4S2. The minimum atomic E-state index is -0.648. The molecule has 0 atom stereocenters. The van der Waals surface area contributed by atoms with Crippen LogP contribution in [0.15, 0.2) is 46.2 Å². The Morgan fingerprint density at radius 1 is 0.767 bits per heavy atom. The first-order chi connectivity index (χ1) is 14.4. The van der Waals surface area contributed by atoms with E-state index in [2.05, 4.69) is 10.6 Å². The van der Waals surface area contributed by atoms with Gasteiger partial charge in [-0.25, -0.2) is 0 Å². The summed E-state index contributed by atoms with van der Waals surface area (Å²) in [7, 11) is 0. The van der Waals surface area contributed by atoms with E-state index in [0.29, 0.717) is 36.0 Å². The van der Waals surface area contributed by atoms with Crippen molar-refractivity contribution >= 4 is 58.5 Å². The molecule has 2 aromatic carbocycles. The van der Waals surface area contributed by atoms with Gasteiger partial charge in [-0.05, 0) is 60.7 Å². The van der Waals surface area contributed by atoms with E-state index in [1.54, 1.807) is 47.8 Å². The molecule has 0 radical (unpaired) electrons. The Labute approximate surface area is 193 Å². The van der Waals surface area contributed by atoms with Crippen LogP contribution in [0.1, 0.15) is 12.8 Å². The lowest BCUT2D eigenvalue weighted by atomic mass is 10.3. The van der Waals surface area contributed by atoms with E-state index in [1.807, 2.05) is 0 Å². The first kappa shape index (κ1) is 24.5. The number of thioether (sulfide) groups is 2. The molecule has 2 aromatic rings. The molecule has 4 N–H and O–H groups in total. The topological polar surface area (TPSA) is 98.7 Å². The highest BCUT2D eigenvalue weighted by molar-refractivity contribution is 7.99. The number of halogens is 2. The molecule has 0 saturated carbocycles. The van der Waals surface area contributed by atoms with Crippen molar-refractivity contribution in [2.24, 2.45) is 0 Å². The number of aromatic hydroxyl groups is 2. The molecule has 6 nitrogen and oxygen atoms in total. The van der Waals surface area contributed by atoms with E-state index in [0.717, 1.165) is 21.3 Å². The minimum Gasteiger partial charge on any atom is -0.506 e. The monoisotopic (exact) mass is 488 g/mol. The zero-order chi connectivity index (χ0) is 21.9. The summed E-state index contributed by atoms with van der Waals surface area (Å²) >= 11 is 14.8. The second-order valence-corrected chi connectivity index (χ2v) is 9.29. The van der Waals surface area contributed by atoms with Crippen LogP contribution < -0.4 is 10.6 Å². The largest absolute Gasteiger partial charge is 0.506 e. The number of amides is 2. The van der Waals surface area contributed by atoms with Crippen LogP contribution in [0, 0.1) is 0 Å². The van der Waals surface area contributed by atoms with Gasteiger partial charge < -0.3 is 20.8 Å². The van der Waals surface area contributed by atoms with E-state index < -0.39 is 11.8 Å². The van der Waals surface area contributed by atoms with Crippen molar-refractivity contribution in [3.8, 4) is 11.5 Å². The van der Waals surface area contributed by atoms with Crippen LogP contribution in [0.3, 0.4) is 0 Å². The second-order valence-electron chi connectivity index (χ2n) is 6.14. The third-order valence-corrected chi connectivity index (χ3v) is 6.56. The number of hydrogen-bond donors (Lipinski definition) is 4. The third-order valence-electron chi connectivity index (χ3n) is 3.80. The fourth-order valence-corrected chi connectivity index (χ4v) is 4.51. The molecule has 0 bridgehead atoms. The summed E-state index contributed by atoms with van der Waals surface area (Å²) in [6.07, 6.45) is 1.38. The normalized spacial score (nSPS) is 10.6. The molecule has 2 rings (SSSR count). The number of nitrogens with one attached hydrogen (secondary N) is 2. The van der Waals surface area contributed by atoms with Crippen molar-refractivity contribution in [2.75, 3.05) is 24.6 Å². The maximum absolute atomic E-state index is 11.8. The van der Waals surface area contributed by atoms with Crippen LogP contribution in [0.2, 0.25) is 10.0 Å². The molecule has 0 unspecified atom stereocenters. The highest BCUT2D eigenvalue weighted by Crippen LogP contribution is 2.29. The molecule has 0 fully saturated rings. The molecule has 10 heteroatoms. The Kier molecular flexibility index (Phi) is 10.5. The maximum atomic E-state index is 11.8. The fourth-order valence-electron chi connectivity index (χ4n) is 2.24. The molecule has 0 heterocycles.